The number of imidazole rings is 1. The van der Waals surface area contributed by atoms with Crippen molar-refractivity contribution < 1.29 is 9.84 Å². The van der Waals surface area contributed by atoms with Crippen LogP contribution in [0, 0.1) is 6.92 Å². The summed E-state index contributed by atoms with van der Waals surface area (Å²) in [5, 5.41) is 9.16. The molecule has 0 spiro atoms. The number of aromatic amines is 1. The van der Waals surface area contributed by atoms with Crippen LogP contribution in [0.1, 0.15) is 23.9 Å². The van der Waals surface area contributed by atoms with Crippen LogP contribution in [0.2, 0.25) is 0 Å². The van der Waals surface area contributed by atoms with Crippen LogP contribution in [0.5, 0.6) is 5.75 Å². The van der Waals surface area contributed by atoms with Gasteiger partial charge in [0, 0.05) is 11.3 Å². The number of H-pyrrole nitrogens is 1. The topological polar surface area (TPSA) is 58.1 Å². The van der Waals surface area contributed by atoms with E-state index >= 15 is 0 Å². The Hall–Kier alpha value is -1.81. The Bertz CT molecular complexity index is 547. The first kappa shape index (κ1) is 12.6. The van der Waals surface area contributed by atoms with E-state index in [-0.39, 0.29) is 6.61 Å². The zero-order chi connectivity index (χ0) is 13.1. The predicted octanol–water partition coefficient (Wildman–Crippen LogP) is 2.45. The Morgan fingerprint density at radius 1 is 1.39 bits per heavy atom. The summed E-state index contributed by atoms with van der Waals surface area (Å²) in [4.78, 5) is 7.57. The van der Waals surface area contributed by atoms with Gasteiger partial charge in [-0.3, -0.25) is 0 Å². The third kappa shape index (κ3) is 2.24. The van der Waals surface area contributed by atoms with Gasteiger partial charge in [0.05, 0.1) is 19.4 Å². The van der Waals surface area contributed by atoms with Crippen molar-refractivity contribution >= 4 is 0 Å². The van der Waals surface area contributed by atoms with E-state index in [1.165, 1.54) is 0 Å². The molecule has 1 aromatic heterocycles. The van der Waals surface area contributed by atoms with Crippen LogP contribution in [-0.2, 0) is 13.0 Å². The van der Waals surface area contributed by atoms with E-state index in [1.807, 2.05) is 19.1 Å². The summed E-state index contributed by atoms with van der Waals surface area (Å²) in [6.07, 6.45) is 0.906. The molecule has 0 atom stereocenters. The molecule has 2 aromatic rings. The number of aromatic nitrogens is 2. The molecular weight excluding hydrogens is 228 g/mol. The highest BCUT2D eigenvalue weighted by molar-refractivity contribution is 5.59. The molecular formula is C14H18N2O2. The molecule has 0 fully saturated rings. The van der Waals surface area contributed by atoms with Crippen LogP contribution in [-0.4, -0.2) is 22.2 Å². The van der Waals surface area contributed by atoms with Crippen LogP contribution in [0.25, 0.3) is 11.4 Å². The molecule has 1 heterocycles. The van der Waals surface area contributed by atoms with E-state index in [4.69, 9.17) is 9.84 Å². The fourth-order valence-electron chi connectivity index (χ4n) is 1.99. The van der Waals surface area contributed by atoms with Crippen molar-refractivity contribution in [2.75, 3.05) is 7.11 Å². The maximum atomic E-state index is 9.16. The van der Waals surface area contributed by atoms with Gasteiger partial charge in [-0.1, -0.05) is 6.92 Å². The van der Waals surface area contributed by atoms with E-state index in [0.29, 0.717) is 5.69 Å². The van der Waals surface area contributed by atoms with Crippen molar-refractivity contribution in [1.29, 1.82) is 0 Å². The molecule has 0 amide bonds. The Labute approximate surface area is 107 Å². The Kier molecular flexibility index (Phi) is 3.67. The maximum Gasteiger partial charge on any atom is 0.137 e. The van der Waals surface area contributed by atoms with E-state index in [1.54, 1.807) is 7.11 Å². The highest BCUT2D eigenvalue weighted by Gasteiger charge is 2.09. The molecule has 0 saturated carbocycles. The molecule has 1 aromatic carbocycles. The SMILES string of the molecule is CCc1cc(-c2nc(CO)c(C)[nH]2)ccc1OC. The molecule has 0 bridgehead atoms. The fourth-order valence-corrected chi connectivity index (χ4v) is 1.99. The second-order valence-electron chi connectivity index (χ2n) is 4.20. The second kappa shape index (κ2) is 5.23. The number of hydrogen-bond acceptors (Lipinski definition) is 3. The minimum atomic E-state index is -0.0425. The molecule has 0 aliphatic carbocycles. The molecule has 0 aliphatic rings. The first-order chi connectivity index (χ1) is 8.69. The lowest BCUT2D eigenvalue weighted by Gasteiger charge is -2.07. The van der Waals surface area contributed by atoms with Crippen molar-refractivity contribution in [3.8, 4) is 17.1 Å². The largest absolute Gasteiger partial charge is 0.496 e. The highest BCUT2D eigenvalue weighted by Crippen LogP contribution is 2.26. The number of aliphatic hydroxyl groups is 1. The molecule has 18 heavy (non-hydrogen) atoms. The molecule has 0 aliphatic heterocycles. The molecule has 2 N–H and O–H groups in total. The average molecular weight is 246 g/mol. The van der Waals surface area contributed by atoms with Gasteiger partial charge in [-0.25, -0.2) is 4.98 Å². The zero-order valence-electron chi connectivity index (χ0n) is 10.9. The van der Waals surface area contributed by atoms with Crippen molar-refractivity contribution in [2.24, 2.45) is 0 Å². The second-order valence-corrected chi connectivity index (χ2v) is 4.20. The van der Waals surface area contributed by atoms with Gasteiger partial charge < -0.3 is 14.8 Å². The number of nitrogens with one attached hydrogen (secondary N) is 1. The van der Waals surface area contributed by atoms with Gasteiger partial charge in [0.25, 0.3) is 0 Å². The number of methoxy groups -OCH3 is 1. The van der Waals surface area contributed by atoms with Crippen molar-refractivity contribution in [1.82, 2.24) is 9.97 Å². The van der Waals surface area contributed by atoms with Gasteiger partial charge in [-0.15, -0.1) is 0 Å². The minimum Gasteiger partial charge on any atom is -0.496 e. The summed E-state index contributed by atoms with van der Waals surface area (Å²) in [5.74, 6) is 1.68. The number of rotatable bonds is 4. The fraction of sp³-hybridized carbons (Fsp3) is 0.357. The van der Waals surface area contributed by atoms with E-state index in [9.17, 15) is 0 Å². The molecule has 96 valence electrons. The van der Waals surface area contributed by atoms with Gasteiger partial charge in [0.1, 0.15) is 11.6 Å². The van der Waals surface area contributed by atoms with Gasteiger partial charge in [-0.05, 0) is 37.1 Å². The third-order valence-corrected chi connectivity index (χ3v) is 3.07. The molecule has 4 nitrogen and oxygen atoms in total. The van der Waals surface area contributed by atoms with Crippen molar-refractivity contribution in [3.05, 3.63) is 35.2 Å². The number of nitrogens with zero attached hydrogens (tertiary/aromatic N) is 1. The molecule has 2 rings (SSSR count). The lowest BCUT2D eigenvalue weighted by molar-refractivity contribution is 0.276. The summed E-state index contributed by atoms with van der Waals surface area (Å²) in [6, 6.07) is 5.99. The number of hydrogen-bond donors (Lipinski definition) is 2. The van der Waals surface area contributed by atoms with Gasteiger partial charge in [0.15, 0.2) is 0 Å². The normalized spacial score (nSPS) is 10.7. The maximum absolute atomic E-state index is 9.16. The van der Waals surface area contributed by atoms with Gasteiger partial charge >= 0.3 is 0 Å². The zero-order valence-corrected chi connectivity index (χ0v) is 10.9. The minimum absolute atomic E-state index is 0.0425. The summed E-state index contributed by atoms with van der Waals surface area (Å²) >= 11 is 0. The highest BCUT2D eigenvalue weighted by atomic mass is 16.5. The lowest BCUT2D eigenvalue weighted by atomic mass is 10.1. The van der Waals surface area contributed by atoms with E-state index in [2.05, 4.69) is 23.0 Å². The Morgan fingerprint density at radius 2 is 2.17 bits per heavy atom. The molecule has 0 saturated heterocycles. The van der Waals surface area contributed by atoms with E-state index in [0.717, 1.165) is 34.8 Å². The third-order valence-electron chi connectivity index (χ3n) is 3.07. The Balaban J connectivity index is 2.44. The molecule has 0 unspecified atom stereocenters. The van der Waals surface area contributed by atoms with Crippen LogP contribution < -0.4 is 4.74 Å². The lowest BCUT2D eigenvalue weighted by Crippen LogP contribution is -1.92. The summed E-state index contributed by atoms with van der Waals surface area (Å²) in [5.41, 5.74) is 3.75. The van der Waals surface area contributed by atoms with Crippen LogP contribution in [0.4, 0.5) is 0 Å². The van der Waals surface area contributed by atoms with Gasteiger partial charge in [-0.2, -0.15) is 0 Å². The first-order valence-electron chi connectivity index (χ1n) is 6.03. The van der Waals surface area contributed by atoms with Crippen LogP contribution >= 0.6 is 0 Å². The monoisotopic (exact) mass is 246 g/mol. The van der Waals surface area contributed by atoms with Crippen LogP contribution in [0.15, 0.2) is 18.2 Å². The number of benzene rings is 1. The summed E-state index contributed by atoms with van der Waals surface area (Å²) < 4.78 is 5.31. The number of aliphatic hydroxyl groups excluding tert-OH is 1. The smallest absolute Gasteiger partial charge is 0.137 e. The molecule has 4 heteroatoms. The number of aryl methyl sites for hydroxylation is 2. The predicted molar refractivity (Wildman–Crippen MR) is 70.6 cm³/mol. The Morgan fingerprint density at radius 3 is 2.72 bits per heavy atom. The van der Waals surface area contributed by atoms with E-state index < -0.39 is 0 Å². The van der Waals surface area contributed by atoms with Gasteiger partial charge in [0.2, 0.25) is 0 Å². The summed E-state index contributed by atoms with van der Waals surface area (Å²) in [7, 11) is 1.68. The standard InChI is InChI=1S/C14H18N2O2/c1-4-10-7-11(5-6-13(10)18-3)14-15-9(2)12(8-17)16-14/h5-7,17H,4,8H2,1-3H3,(H,15,16). The summed E-state index contributed by atoms with van der Waals surface area (Å²) in [6.45, 7) is 3.96. The van der Waals surface area contributed by atoms with Crippen molar-refractivity contribution in [3.63, 3.8) is 0 Å². The number of ether oxygens (including phenoxy) is 1. The quantitative estimate of drug-likeness (QED) is 0.871. The molecule has 0 radical (unpaired) electrons. The average Bonchev–Trinajstić information content (AvgIpc) is 2.79. The first-order valence-corrected chi connectivity index (χ1v) is 6.03. The van der Waals surface area contributed by atoms with Crippen molar-refractivity contribution in [2.45, 2.75) is 26.9 Å². The van der Waals surface area contributed by atoms with Crippen LogP contribution in [0.3, 0.4) is 0 Å².